The summed E-state index contributed by atoms with van der Waals surface area (Å²) in [6.45, 7) is 4.52. The first-order valence-corrected chi connectivity index (χ1v) is 5.96. The largest absolute Gasteiger partial charge is 0.379 e. The molecule has 2 amide bonds. The van der Waals surface area contributed by atoms with Crippen LogP contribution in [0.5, 0.6) is 0 Å². The van der Waals surface area contributed by atoms with Gasteiger partial charge in [0.05, 0.1) is 12.6 Å². The molecule has 4 nitrogen and oxygen atoms in total. The van der Waals surface area contributed by atoms with Gasteiger partial charge in [-0.15, -0.1) is 0 Å². The number of nitrogens with zero attached hydrogens (tertiary/aromatic N) is 1. The number of nitrogens with one attached hydrogen (secondary N) is 1. The van der Waals surface area contributed by atoms with Crippen LogP contribution in [0.1, 0.15) is 32.6 Å². The maximum atomic E-state index is 11.9. The fraction of sp³-hybridized carbons (Fsp3) is 0.909. The van der Waals surface area contributed by atoms with Crippen molar-refractivity contribution in [2.75, 3.05) is 19.8 Å². The molecular formula is C11H20N2O2. The number of carbonyl (C=O) groups is 1. The Kier molecular flexibility index (Phi) is 3.46. The highest BCUT2D eigenvalue weighted by Gasteiger charge is 2.29. The first-order chi connectivity index (χ1) is 7.31. The van der Waals surface area contributed by atoms with Gasteiger partial charge < -0.3 is 15.0 Å². The molecule has 0 spiro atoms. The lowest BCUT2D eigenvalue weighted by molar-refractivity contribution is 0.174. The maximum Gasteiger partial charge on any atom is 0.317 e. The van der Waals surface area contributed by atoms with E-state index in [2.05, 4.69) is 12.2 Å². The SMILES string of the molecule is CCC1CCCN1C(=O)NC1CCOC1. The van der Waals surface area contributed by atoms with Crippen molar-refractivity contribution in [3.05, 3.63) is 0 Å². The molecule has 0 radical (unpaired) electrons. The Balaban J connectivity index is 1.83. The van der Waals surface area contributed by atoms with Gasteiger partial charge in [0.25, 0.3) is 0 Å². The molecule has 2 saturated heterocycles. The van der Waals surface area contributed by atoms with Crippen LogP contribution in [-0.2, 0) is 4.74 Å². The highest BCUT2D eigenvalue weighted by Crippen LogP contribution is 2.20. The van der Waals surface area contributed by atoms with Crippen molar-refractivity contribution >= 4 is 6.03 Å². The number of hydrogen-bond acceptors (Lipinski definition) is 2. The van der Waals surface area contributed by atoms with Crippen LogP contribution < -0.4 is 5.32 Å². The topological polar surface area (TPSA) is 41.6 Å². The van der Waals surface area contributed by atoms with E-state index in [0.29, 0.717) is 12.6 Å². The fourth-order valence-corrected chi connectivity index (χ4v) is 2.43. The average molecular weight is 212 g/mol. The van der Waals surface area contributed by atoms with Gasteiger partial charge in [0.1, 0.15) is 0 Å². The normalized spacial score (nSPS) is 30.9. The van der Waals surface area contributed by atoms with Crippen LogP contribution >= 0.6 is 0 Å². The number of hydrogen-bond donors (Lipinski definition) is 1. The number of urea groups is 1. The third-order valence-electron chi connectivity index (χ3n) is 3.37. The molecule has 2 rings (SSSR count). The van der Waals surface area contributed by atoms with Crippen LogP contribution in [0, 0.1) is 0 Å². The van der Waals surface area contributed by atoms with Crippen molar-refractivity contribution < 1.29 is 9.53 Å². The maximum absolute atomic E-state index is 11.9. The predicted octanol–water partition coefficient (Wildman–Crippen LogP) is 1.36. The van der Waals surface area contributed by atoms with Gasteiger partial charge in [-0.1, -0.05) is 6.92 Å². The van der Waals surface area contributed by atoms with Crippen molar-refractivity contribution in [1.29, 1.82) is 0 Å². The summed E-state index contributed by atoms with van der Waals surface area (Å²) in [7, 11) is 0. The van der Waals surface area contributed by atoms with E-state index >= 15 is 0 Å². The fourth-order valence-electron chi connectivity index (χ4n) is 2.43. The molecule has 0 aromatic carbocycles. The minimum Gasteiger partial charge on any atom is -0.379 e. The third kappa shape index (κ3) is 2.43. The molecule has 86 valence electrons. The van der Waals surface area contributed by atoms with Gasteiger partial charge in [0.15, 0.2) is 0 Å². The summed E-state index contributed by atoms with van der Waals surface area (Å²) >= 11 is 0. The Morgan fingerprint density at radius 1 is 1.53 bits per heavy atom. The highest BCUT2D eigenvalue weighted by molar-refractivity contribution is 5.75. The molecule has 0 saturated carbocycles. The summed E-state index contributed by atoms with van der Waals surface area (Å²) in [4.78, 5) is 13.9. The highest BCUT2D eigenvalue weighted by atomic mass is 16.5. The molecule has 2 aliphatic rings. The average Bonchev–Trinajstić information content (AvgIpc) is 2.86. The number of likely N-dealkylation sites (tertiary alicyclic amines) is 1. The van der Waals surface area contributed by atoms with E-state index in [1.165, 1.54) is 0 Å². The molecular weight excluding hydrogens is 192 g/mol. The molecule has 0 aromatic rings. The Morgan fingerprint density at radius 2 is 2.40 bits per heavy atom. The second-order valence-corrected chi connectivity index (χ2v) is 4.41. The van der Waals surface area contributed by atoms with Crippen LogP contribution in [-0.4, -0.2) is 42.8 Å². The third-order valence-corrected chi connectivity index (χ3v) is 3.37. The predicted molar refractivity (Wildman–Crippen MR) is 57.8 cm³/mol. The van der Waals surface area contributed by atoms with E-state index in [1.807, 2.05) is 4.90 Å². The standard InChI is InChI=1S/C11H20N2O2/c1-2-10-4-3-6-13(10)11(14)12-9-5-7-15-8-9/h9-10H,2-8H2,1H3,(H,12,14). The summed E-state index contributed by atoms with van der Waals surface area (Å²) in [6, 6.07) is 0.790. The van der Waals surface area contributed by atoms with E-state index < -0.39 is 0 Å². The van der Waals surface area contributed by atoms with Crippen LogP contribution in [0.25, 0.3) is 0 Å². The minimum atomic E-state index is 0.106. The minimum absolute atomic E-state index is 0.106. The van der Waals surface area contributed by atoms with Crippen LogP contribution in [0.3, 0.4) is 0 Å². The van der Waals surface area contributed by atoms with Gasteiger partial charge in [-0.2, -0.15) is 0 Å². The Labute approximate surface area is 91.0 Å². The van der Waals surface area contributed by atoms with E-state index in [-0.39, 0.29) is 12.1 Å². The lowest BCUT2D eigenvalue weighted by Crippen LogP contribution is -2.46. The molecule has 4 heteroatoms. The van der Waals surface area contributed by atoms with Crippen molar-refractivity contribution in [3.8, 4) is 0 Å². The van der Waals surface area contributed by atoms with Crippen molar-refractivity contribution in [1.82, 2.24) is 10.2 Å². The zero-order valence-electron chi connectivity index (χ0n) is 9.37. The van der Waals surface area contributed by atoms with E-state index in [9.17, 15) is 4.79 Å². The Morgan fingerprint density at radius 3 is 3.07 bits per heavy atom. The van der Waals surface area contributed by atoms with Gasteiger partial charge in [-0.25, -0.2) is 4.79 Å². The van der Waals surface area contributed by atoms with Crippen molar-refractivity contribution in [3.63, 3.8) is 0 Å². The second kappa shape index (κ2) is 4.84. The molecule has 15 heavy (non-hydrogen) atoms. The van der Waals surface area contributed by atoms with Gasteiger partial charge in [0.2, 0.25) is 0 Å². The summed E-state index contributed by atoms with van der Waals surface area (Å²) in [5.41, 5.74) is 0. The first-order valence-electron chi connectivity index (χ1n) is 5.96. The van der Waals surface area contributed by atoms with Gasteiger partial charge in [-0.3, -0.25) is 0 Å². The van der Waals surface area contributed by atoms with Gasteiger partial charge >= 0.3 is 6.03 Å². The number of ether oxygens (including phenoxy) is 1. The van der Waals surface area contributed by atoms with E-state index in [0.717, 1.165) is 38.8 Å². The lowest BCUT2D eigenvalue weighted by atomic mass is 10.2. The molecule has 1 N–H and O–H groups in total. The summed E-state index contributed by atoms with van der Waals surface area (Å²) in [6.07, 6.45) is 4.32. The van der Waals surface area contributed by atoms with E-state index in [1.54, 1.807) is 0 Å². The number of carbonyl (C=O) groups excluding carboxylic acids is 1. The zero-order valence-corrected chi connectivity index (χ0v) is 9.37. The lowest BCUT2D eigenvalue weighted by Gasteiger charge is -2.25. The van der Waals surface area contributed by atoms with Crippen molar-refractivity contribution in [2.45, 2.75) is 44.7 Å². The Hall–Kier alpha value is -0.770. The molecule has 2 fully saturated rings. The second-order valence-electron chi connectivity index (χ2n) is 4.41. The molecule has 2 heterocycles. The molecule has 0 bridgehead atoms. The zero-order chi connectivity index (χ0) is 10.7. The van der Waals surface area contributed by atoms with Gasteiger partial charge in [0, 0.05) is 19.2 Å². The Bertz CT molecular complexity index is 227. The van der Waals surface area contributed by atoms with Gasteiger partial charge in [-0.05, 0) is 25.7 Å². The number of amides is 2. The summed E-state index contributed by atoms with van der Waals surface area (Å²) < 4.78 is 5.24. The van der Waals surface area contributed by atoms with Crippen LogP contribution in [0.2, 0.25) is 0 Å². The van der Waals surface area contributed by atoms with E-state index in [4.69, 9.17) is 4.74 Å². The molecule has 2 aliphatic heterocycles. The molecule has 2 unspecified atom stereocenters. The smallest absolute Gasteiger partial charge is 0.317 e. The monoisotopic (exact) mass is 212 g/mol. The summed E-state index contributed by atoms with van der Waals surface area (Å²) in [5.74, 6) is 0. The molecule has 0 aliphatic carbocycles. The molecule has 0 aromatic heterocycles. The summed E-state index contributed by atoms with van der Waals surface area (Å²) in [5, 5.41) is 3.05. The van der Waals surface area contributed by atoms with Crippen LogP contribution in [0.4, 0.5) is 4.79 Å². The molecule has 2 atom stereocenters. The van der Waals surface area contributed by atoms with Crippen molar-refractivity contribution in [2.24, 2.45) is 0 Å². The number of rotatable bonds is 2. The first kappa shape index (κ1) is 10.7. The quantitative estimate of drug-likeness (QED) is 0.751. The van der Waals surface area contributed by atoms with Crippen LogP contribution in [0.15, 0.2) is 0 Å².